The lowest BCUT2D eigenvalue weighted by Gasteiger charge is -2.35. The Bertz CT molecular complexity index is 261. The Morgan fingerprint density at radius 1 is 1.33 bits per heavy atom. The lowest BCUT2D eigenvalue weighted by atomic mass is 10.2. The van der Waals surface area contributed by atoms with Gasteiger partial charge in [0.2, 0.25) is 5.91 Å². The maximum absolute atomic E-state index is 12.2. The van der Waals surface area contributed by atoms with Gasteiger partial charge < -0.3 is 10.2 Å². The molecule has 2 heterocycles. The second-order valence-electron chi connectivity index (χ2n) is 5.15. The maximum Gasteiger partial charge on any atom is 0.224 e. The van der Waals surface area contributed by atoms with Gasteiger partial charge in [0.25, 0.3) is 0 Å². The normalized spacial score (nSPS) is 26.3. The third-order valence-corrected chi connectivity index (χ3v) is 4.82. The van der Waals surface area contributed by atoms with Gasteiger partial charge in [-0.2, -0.15) is 11.8 Å². The van der Waals surface area contributed by atoms with E-state index in [-0.39, 0.29) is 0 Å². The molecule has 0 bridgehead atoms. The molecule has 2 fully saturated rings. The van der Waals surface area contributed by atoms with E-state index in [0.29, 0.717) is 18.4 Å². The van der Waals surface area contributed by atoms with Gasteiger partial charge in [0.15, 0.2) is 0 Å². The molecule has 2 aliphatic heterocycles. The minimum atomic E-state index is 0.339. The molecule has 0 aromatic heterocycles. The van der Waals surface area contributed by atoms with Gasteiger partial charge in [-0.3, -0.25) is 9.69 Å². The van der Waals surface area contributed by atoms with Crippen molar-refractivity contribution in [3.63, 3.8) is 0 Å². The summed E-state index contributed by atoms with van der Waals surface area (Å²) in [5.74, 6) is 2.60. The number of carbonyl (C=O) groups is 1. The number of piperazine rings is 1. The van der Waals surface area contributed by atoms with Crippen molar-refractivity contribution in [1.82, 2.24) is 15.1 Å². The van der Waals surface area contributed by atoms with Crippen molar-refractivity contribution in [1.29, 1.82) is 0 Å². The molecule has 5 heteroatoms. The van der Waals surface area contributed by atoms with Gasteiger partial charge in [-0.15, -0.1) is 0 Å². The number of hydrogen-bond acceptors (Lipinski definition) is 4. The van der Waals surface area contributed by atoms with Crippen LogP contribution in [0.2, 0.25) is 0 Å². The summed E-state index contributed by atoms with van der Waals surface area (Å²) in [6, 6.07) is 0.393. The van der Waals surface area contributed by atoms with Crippen molar-refractivity contribution in [2.75, 3.05) is 50.8 Å². The fourth-order valence-electron chi connectivity index (χ4n) is 2.63. The van der Waals surface area contributed by atoms with Gasteiger partial charge in [0.1, 0.15) is 0 Å². The molecule has 0 spiro atoms. The highest BCUT2D eigenvalue weighted by Crippen LogP contribution is 2.12. The van der Waals surface area contributed by atoms with Gasteiger partial charge in [0.05, 0.1) is 0 Å². The molecule has 104 valence electrons. The number of amides is 1. The zero-order chi connectivity index (χ0) is 12.8. The lowest BCUT2D eigenvalue weighted by molar-refractivity contribution is -0.133. The summed E-state index contributed by atoms with van der Waals surface area (Å²) < 4.78 is 0. The molecule has 1 amide bonds. The molecule has 2 aliphatic rings. The molecule has 1 unspecified atom stereocenters. The largest absolute Gasteiger partial charge is 0.340 e. The van der Waals surface area contributed by atoms with Crippen molar-refractivity contribution < 1.29 is 4.79 Å². The van der Waals surface area contributed by atoms with Crippen molar-refractivity contribution in [2.45, 2.75) is 25.8 Å². The maximum atomic E-state index is 12.2. The monoisotopic (exact) mass is 271 g/mol. The Balaban J connectivity index is 1.70. The molecule has 1 N–H and O–H groups in total. The first-order chi connectivity index (χ1) is 8.79. The Labute approximate surface area is 114 Å². The second-order valence-corrected chi connectivity index (χ2v) is 6.30. The predicted octanol–water partition coefficient (Wildman–Crippen LogP) is 0.636. The number of hydrogen-bond donors (Lipinski definition) is 1. The number of rotatable bonds is 4. The predicted molar refractivity (Wildman–Crippen MR) is 77.0 cm³/mol. The molecule has 0 radical (unpaired) electrons. The minimum Gasteiger partial charge on any atom is -0.340 e. The van der Waals surface area contributed by atoms with E-state index in [1.54, 1.807) is 0 Å². The van der Waals surface area contributed by atoms with E-state index in [2.05, 4.69) is 17.1 Å². The minimum absolute atomic E-state index is 0.339. The van der Waals surface area contributed by atoms with Crippen LogP contribution in [0.4, 0.5) is 0 Å². The fourth-order valence-corrected chi connectivity index (χ4v) is 3.58. The first-order valence-electron chi connectivity index (χ1n) is 7.11. The summed E-state index contributed by atoms with van der Waals surface area (Å²) in [5, 5.41) is 3.44. The zero-order valence-corrected chi connectivity index (χ0v) is 12.2. The third-order valence-electron chi connectivity index (χ3n) is 3.68. The Morgan fingerprint density at radius 2 is 2.11 bits per heavy atom. The number of nitrogens with zero attached hydrogens (tertiary/aromatic N) is 2. The van der Waals surface area contributed by atoms with Crippen molar-refractivity contribution >= 4 is 17.7 Å². The summed E-state index contributed by atoms with van der Waals surface area (Å²) in [6.45, 7) is 8.36. The van der Waals surface area contributed by atoms with Crippen LogP contribution in [0.15, 0.2) is 0 Å². The van der Waals surface area contributed by atoms with E-state index in [1.165, 1.54) is 18.7 Å². The van der Waals surface area contributed by atoms with Crippen LogP contribution in [0.25, 0.3) is 0 Å². The Morgan fingerprint density at radius 3 is 2.72 bits per heavy atom. The van der Waals surface area contributed by atoms with Gasteiger partial charge in [-0.1, -0.05) is 6.92 Å². The molecule has 4 nitrogen and oxygen atoms in total. The lowest BCUT2D eigenvalue weighted by Crippen LogP contribution is -2.50. The first kappa shape index (κ1) is 14.2. The smallest absolute Gasteiger partial charge is 0.224 e. The standard InChI is InChI=1S/C13H25N3OS/c1-2-4-15-5-7-16(8-6-15)13(17)10-12-11-18-9-3-14-12/h12,14H,2-11H2,1H3. The van der Waals surface area contributed by atoms with Crippen LogP contribution in [-0.2, 0) is 4.79 Å². The molecule has 18 heavy (non-hydrogen) atoms. The van der Waals surface area contributed by atoms with Gasteiger partial charge >= 0.3 is 0 Å². The van der Waals surface area contributed by atoms with Crippen molar-refractivity contribution in [3.05, 3.63) is 0 Å². The first-order valence-corrected chi connectivity index (χ1v) is 8.26. The second kappa shape index (κ2) is 7.36. The van der Waals surface area contributed by atoms with Crippen LogP contribution in [0, 0.1) is 0 Å². The molecule has 0 aromatic rings. The van der Waals surface area contributed by atoms with Crippen LogP contribution >= 0.6 is 11.8 Å². The van der Waals surface area contributed by atoms with Gasteiger partial charge in [-0.25, -0.2) is 0 Å². The van der Waals surface area contributed by atoms with Crippen LogP contribution < -0.4 is 5.32 Å². The summed E-state index contributed by atoms with van der Waals surface area (Å²) >= 11 is 1.96. The Kier molecular flexibility index (Phi) is 5.79. The van der Waals surface area contributed by atoms with E-state index in [9.17, 15) is 4.79 Å². The molecule has 0 saturated carbocycles. The highest BCUT2D eigenvalue weighted by molar-refractivity contribution is 7.99. The van der Waals surface area contributed by atoms with E-state index in [4.69, 9.17) is 0 Å². The summed E-state index contributed by atoms with van der Waals surface area (Å²) in [5.41, 5.74) is 0. The molecule has 0 aliphatic carbocycles. The van der Waals surface area contributed by atoms with Crippen molar-refractivity contribution in [2.24, 2.45) is 0 Å². The van der Waals surface area contributed by atoms with Gasteiger partial charge in [-0.05, 0) is 13.0 Å². The molecule has 0 aromatic carbocycles. The van der Waals surface area contributed by atoms with E-state index < -0.39 is 0 Å². The summed E-state index contributed by atoms with van der Waals surface area (Å²) in [6.07, 6.45) is 1.89. The third kappa shape index (κ3) is 4.14. The summed E-state index contributed by atoms with van der Waals surface area (Å²) in [7, 11) is 0. The number of carbonyl (C=O) groups excluding carboxylic acids is 1. The summed E-state index contributed by atoms with van der Waals surface area (Å²) in [4.78, 5) is 16.7. The quantitative estimate of drug-likeness (QED) is 0.814. The fraction of sp³-hybridized carbons (Fsp3) is 0.923. The Hall–Kier alpha value is -0.260. The van der Waals surface area contributed by atoms with Crippen LogP contribution in [-0.4, -0.2) is 72.5 Å². The van der Waals surface area contributed by atoms with Crippen LogP contribution in [0.1, 0.15) is 19.8 Å². The van der Waals surface area contributed by atoms with E-state index >= 15 is 0 Å². The molecule has 1 atom stereocenters. The molecular weight excluding hydrogens is 246 g/mol. The number of thioether (sulfide) groups is 1. The molecule has 2 rings (SSSR count). The molecular formula is C13H25N3OS. The van der Waals surface area contributed by atoms with E-state index in [1.807, 2.05) is 16.7 Å². The van der Waals surface area contributed by atoms with Crippen molar-refractivity contribution in [3.8, 4) is 0 Å². The van der Waals surface area contributed by atoms with Gasteiger partial charge in [0, 0.05) is 56.7 Å². The topological polar surface area (TPSA) is 35.6 Å². The zero-order valence-electron chi connectivity index (χ0n) is 11.4. The number of nitrogens with one attached hydrogen (secondary N) is 1. The SMILES string of the molecule is CCCN1CCN(C(=O)CC2CSCCN2)CC1. The highest BCUT2D eigenvalue weighted by atomic mass is 32.2. The van der Waals surface area contributed by atoms with Crippen LogP contribution in [0.3, 0.4) is 0 Å². The van der Waals surface area contributed by atoms with E-state index in [0.717, 1.165) is 38.5 Å². The highest BCUT2D eigenvalue weighted by Gasteiger charge is 2.23. The average Bonchev–Trinajstić information content (AvgIpc) is 2.41. The van der Waals surface area contributed by atoms with Crippen LogP contribution in [0.5, 0.6) is 0 Å². The average molecular weight is 271 g/mol. The molecule has 2 saturated heterocycles.